The van der Waals surface area contributed by atoms with Crippen molar-refractivity contribution in [2.45, 2.75) is 32.6 Å². The van der Waals surface area contributed by atoms with Crippen molar-refractivity contribution in [1.29, 1.82) is 0 Å². The van der Waals surface area contributed by atoms with Crippen molar-refractivity contribution >= 4 is 17.3 Å². The van der Waals surface area contributed by atoms with Crippen LogP contribution in [0.1, 0.15) is 43.0 Å². The third-order valence-corrected chi connectivity index (χ3v) is 3.99. The summed E-state index contributed by atoms with van der Waals surface area (Å²) in [5.41, 5.74) is 7.03. The van der Waals surface area contributed by atoms with Crippen LogP contribution in [0.4, 0.5) is 11.4 Å². The Morgan fingerprint density at radius 3 is 2.68 bits per heavy atom. The Morgan fingerprint density at radius 1 is 1.37 bits per heavy atom. The molecule has 104 valence electrons. The number of anilines is 2. The highest BCUT2D eigenvalue weighted by atomic mass is 16.4. The molecular formula is C15H22N2O2. The van der Waals surface area contributed by atoms with Gasteiger partial charge in [0.15, 0.2) is 0 Å². The molecule has 0 aliphatic heterocycles. The minimum atomic E-state index is -0.938. The Bertz CT molecular complexity index is 451. The molecule has 1 aromatic carbocycles. The van der Waals surface area contributed by atoms with Crippen molar-refractivity contribution in [3.8, 4) is 0 Å². The molecule has 0 heterocycles. The van der Waals surface area contributed by atoms with Crippen molar-refractivity contribution in [3.05, 3.63) is 23.8 Å². The third kappa shape index (κ3) is 3.63. The lowest BCUT2D eigenvalue weighted by Gasteiger charge is -2.26. The molecule has 1 saturated carbocycles. The smallest absolute Gasteiger partial charge is 0.337 e. The van der Waals surface area contributed by atoms with Crippen LogP contribution >= 0.6 is 0 Å². The van der Waals surface area contributed by atoms with Crippen LogP contribution in [0.25, 0.3) is 0 Å². The minimum absolute atomic E-state index is 0.254. The predicted octanol–water partition coefficient (Wildman–Crippen LogP) is 3.21. The monoisotopic (exact) mass is 262 g/mol. The summed E-state index contributed by atoms with van der Waals surface area (Å²) in [4.78, 5) is 11.2. The summed E-state index contributed by atoms with van der Waals surface area (Å²) in [5.74, 6) is 0.546. The molecule has 1 aliphatic rings. The highest BCUT2D eigenvalue weighted by Gasteiger charge is 2.18. The van der Waals surface area contributed by atoms with E-state index in [2.05, 4.69) is 12.2 Å². The molecule has 0 spiro atoms. The van der Waals surface area contributed by atoms with Crippen LogP contribution in [0.5, 0.6) is 0 Å². The Balaban J connectivity index is 1.97. The first-order chi connectivity index (χ1) is 9.06. The molecule has 0 radical (unpaired) electrons. The van der Waals surface area contributed by atoms with Gasteiger partial charge in [0.25, 0.3) is 0 Å². The molecule has 4 nitrogen and oxygen atoms in total. The summed E-state index contributed by atoms with van der Waals surface area (Å²) in [6, 6.07) is 5.00. The number of carboxylic acid groups (broad SMARTS) is 1. The number of benzene rings is 1. The first-order valence-corrected chi connectivity index (χ1v) is 6.93. The molecule has 0 amide bonds. The zero-order chi connectivity index (χ0) is 13.8. The summed E-state index contributed by atoms with van der Waals surface area (Å²) in [7, 11) is 0. The minimum Gasteiger partial charge on any atom is -0.478 e. The Hall–Kier alpha value is -1.71. The van der Waals surface area contributed by atoms with Crippen LogP contribution in [-0.2, 0) is 0 Å². The fraction of sp³-hybridized carbons (Fsp3) is 0.533. The number of nitrogens with two attached hydrogens (primary N) is 1. The largest absolute Gasteiger partial charge is 0.478 e. The highest BCUT2D eigenvalue weighted by molar-refractivity contribution is 5.95. The molecule has 0 atom stereocenters. The van der Waals surface area contributed by atoms with Crippen LogP contribution in [0.2, 0.25) is 0 Å². The molecule has 19 heavy (non-hydrogen) atoms. The average Bonchev–Trinajstić information content (AvgIpc) is 2.39. The zero-order valence-electron chi connectivity index (χ0n) is 11.4. The zero-order valence-corrected chi connectivity index (χ0v) is 11.4. The van der Waals surface area contributed by atoms with E-state index in [1.807, 2.05) is 0 Å². The normalized spacial score (nSPS) is 23.0. The van der Waals surface area contributed by atoms with E-state index in [9.17, 15) is 4.79 Å². The van der Waals surface area contributed by atoms with Gasteiger partial charge >= 0.3 is 5.97 Å². The van der Waals surface area contributed by atoms with Crippen molar-refractivity contribution in [2.24, 2.45) is 11.8 Å². The van der Waals surface area contributed by atoms with Crippen molar-refractivity contribution < 1.29 is 9.90 Å². The van der Waals surface area contributed by atoms with E-state index in [0.29, 0.717) is 17.3 Å². The van der Waals surface area contributed by atoms with Crippen molar-refractivity contribution in [2.75, 3.05) is 17.6 Å². The van der Waals surface area contributed by atoms with Gasteiger partial charge in [0.05, 0.1) is 5.56 Å². The van der Waals surface area contributed by atoms with Crippen LogP contribution in [0.15, 0.2) is 18.2 Å². The topological polar surface area (TPSA) is 75.3 Å². The van der Waals surface area contributed by atoms with Gasteiger partial charge in [0.1, 0.15) is 0 Å². The first-order valence-electron chi connectivity index (χ1n) is 6.93. The summed E-state index contributed by atoms with van der Waals surface area (Å²) in [5, 5.41) is 12.4. The SMILES string of the molecule is CC1CCC(CNc2ccc(N)cc2C(=O)O)CC1. The predicted molar refractivity (Wildman–Crippen MR) is 77.4 cm³/mol. The number of nitrogen functional groups attached to an aromatic ring is 1. The van der Waals surface area contributed by atoms with Crippen LogP contribution < -0.4 is 11.1 Å². The first kappa shape index (κ1) is 13.7. The lowest BCUT2D eigenvalue weighted by molar-refractivity contribution is 0.0698. The number of carbonyl (C=O) groups is 1. The molecule has 0 unspecified atom stereocenters. The number of aromatic carboxylic acids is 1. The molecule has 0 saturated heterocycles. The van der Waals surface area contributed by atoms with E-state index in [-0.39, 0.29) is 5.56 Å². The van der Waals surface area contributed by atoms with Gasteiger partial charge in [-0.3, -0.25) is 0 Å². The second-order valence-corrected chi connectivity index (χ2v) is 5.62. The second kappa shape index (κ2) is 5.95. The van der Waals surface area contributed by atoms with E-state index < -0.39 is 5.97 Å². The van der Waals surface area contributed by atoms with E-state index >= 15 is 0 Å². The van der Waals surface area contributed by atoms with Gasteiger partial charge < -0.3 is 16.2 Å². The summed E-state index contributed by atoms with van der Waals surface area (Å²) >= 11 is 0. The Morgan fingerprint density at radius 2 is 2.05 bits per heavy atom. The molecule has 1 aromatic rings. The van der Waals surface area contributed by atoms with Gasteiger partial charge in [-0.15, -0.1) is 0 Å². The van der Waals surface area contributed by atoms with Gasteiger partial charge in [-0.1, -0.05) is 19.8 Å². The van der Waals surface area contributed by atoms with Gasteiger partial charge in [-0.05, 0) is 42.9 Å². The molecule has 0 bridgehead atoms. The quantitative estimate of drug-likeness (QED) is 0.728. The second-order valence-electron chi connectivity index (χ2n) is 5.62. The summed E-state index contributed by atoms with van der Waals surface area (Å²) in [6.07, 6.45) is 5.01. The van der Waals surface area contributed by atoms with Crippen LogP contribution in [0, 0.1) is 11.8 Å². The lowest BCUT2D eigenvalue weighted by Crippen LogP contribution is -2.21. The maximum Gasteiger partial charge on any atom is 0.337 e. The van der Waals surface area contributed by atoms with Crippen LogP contribution in [-0.4, -0.2) is 17.6 Å². The number of carboxylic acids is 1. The van der Waals surface area contributed by atoms with Gasteiger partial charge in [-0.2, -0.15) is 0 Å². The molecule has 1 fully saturated rings. The molecule has 1 aliphatic carbocycles. The standard InChI is InChI=1S/C15H22N2O2/c1-10-2-4-11(5-3-10)9-17-14-7-6-12(16)8-13(14)15(18)19/h6-8,10-11,17H,2-5,9,16H2,1H3,(H,18,19). The van der Waals surface area contributed by atoms with Gasteiger partial charge in [0, 0.05) is 17.9 Å². The summed E-state index contributed by atoms with van der Waals surface area (Å²) in [6.45, 7) is 3.14. The van der Waals surface area contributed by atoms with Crippen LogP contribution in [0.3, 0.4) is 0 Å². The molecular weight excluding hydrogens is 240 g/mol. The maximum atomic E-state index is 11.2. The highest BCUT2D eigenvalue weighted by Crippen LogP contribution is 2.29. The average molecular weight is 262 g/mol. The summed E-state index contributed by atoms with van der Waals surface area (Å²) < 4.78 is 0. The lowest BCUT2D eigenvalue weighted by atomic mass is 9.83. The van der Waals surface area contributed by atoms with E-state index in [1.165, 1.54) is 31.7 Å². The number of hydrogen-bond acceptors (Lipinski definition) is 3. The number of rotatable bonds is 4. The molecule has 2 rings (SSSR count). The van der Waals surface area contributed by atoms with E-state index in [0.717, 1.165) is 12.5 Å². The fourth-order valence-corrected chi connectivity index (χ4v) is 2.68. The van der Waals surface area contributed by atoms with Gasteiger partial charge in [0.2, 0.25) is 0 Å². The molecule has 4 heteroatoms. The Labute approximate surface area is 114 Å². The van der Waals surface area contributed by atoms with Crippen molar-refractivity contribution in [3.63, 3.8) is 0 Å². The number of nitrogens with one attached hydrogen (secondary N) is 1. The van der Waals surface area contributed by atoms with E-state index in [4.69, 9.17) is 10.8 Å². The van der Waals surface area contributed by atoms with Crippen molar-refractivity contribution in [1.82, 2.24) is 0 Å². The van der Waals surface area contributed by atoms with Gasteiger partial charge in [-0.25, -0.2) is 4.79 Å². The fourth-order valence-electron chi connectivity index (χ4n) is 2.68. The van der Waals surface area contributed by atoms with E-state index in [1.54, 1.807) is 12.1 Å². The number of hydrogen-bond donors (Lipinski definition) is 3. The third-order valence-electron chi connectivity index (χ3n) is 3.99. The molecule has 0 aromatic heterocycles. The Kier molecular flexibility index (Phi) is 4.30. The molecule has 4 N–H and O–H groups in total. The maximum absolute atomic E-state index is 11.2.